The van der Waals surface area contributed by atoms with Gasteiger partial charge in [0.25, 0.3) is 0 Å². The van der Waals surface area contributed by atoms with E-state index in [1.54, 1.807) is 0 Å². The first-order valence-corrected chi connectivity index (χ1v) is 6.70. The first kappa shape index (κ1) is 14.8. The van der Waals surface area contributed by atoms with Crippen molar-refractivity contribution in [2.24, 2.45) is 0 Å². The predicted molar refractivity (Wildman–Crippen MR) is 74.2 cm³/mol. The second kappa shape index (κ2) is 7.98. The normalized spacial score (nSPS) is 11.9. The molecule has 0 spiro atoms. The van der Waals surface area contributed by atoms with Crippen LogP contribution in [0.2, 0.25) is 0 Å². The fourth-order valence-electron chi connectivity index (χ4n) is 1.55. The van der Waals surface area contributed by atoms with E-state index < -0.39 is 0 Å². The molecule has 0 aliphatic rings. The minimum atomic E-state index is 0.000250. The third-order valence-electron chi connectivity index (χ3n) is 2.54. The Morgan fingerprint density at radius 2 is 2.28 bits per heavy atom. The number of hydrogen-bond acceptors (Lipinski definition) is 2. The molecule has 0 aliphatic heterocycles. The van der Waals surface area contributed by atoms with Gasteiger partial charge in [-0.2, -0.15) is 0 Å². The fraction of sp³-hybridized carbons (Fsp3) is 0.500. The van der Waals surface area contributed by atoms with Crippen LogP contribution in [0.25, 0.3) is 0 Å². The average molecular weight is 270 g/mol. The Morgan fingerprint density at radius 3 is 2.94 bits per heavy atom. The van der Waals surface area contributed by atoms with Crippen molar-refractivity contribution < 1.29 is 9.53 Å². The first-order valence-electron chi connectivity index (χ1n) is 6.16. The summed E-state index contributed by atoms with van der Waals surface area (Å²) in [5.74, 6) is 1.36. The molecule has 0 aliphatic carbocycles. The van der Waals surface area contributed by atoms with E-state index in [1.165, 1.54) is 0 Å². The summed E-state index contributed by atoms with van der Waals surface area (Å²) >= 11 is 5.60. The van der Waals surface area contributed by atoms with Gasteiger partial charge in [0.05, 0.1) is 13.0 Å². The zero-order valence-electron chi connectivity index (χ0n) is 10.9. The van der Waals surface area contributed by atoms with Crippen molar-refractivity contribution in [3.8, 4) is 5.75 Å². The number of ether oxygens (including phenoxy) is 1. The number of amides is 1. The SMILES string of the molecule is Cc1cccc(OCCC(=O)NC(C)CCCl)c1. The number of benzene rings is 1. The quantitative estimate of drug-likeness (QED) is 0.773. The summed E-state index contributed by atoms with van der Waals surface area (Å²) in [5.41, 5.74) is 1.15. The van der Waals surface area contributed by atoms with E-state index in [0.717, 1.165) is 17.7 Å². The fourth-order valence-corrected chi connectivity index (χ4v) is 1.88. The molecule has 0 radical (unpaired) electrons. The van der Waals surface area contributed by atoms with Gasteiger partial charge in [-0.05, 0) is 38.0 Å². The summed E-state index contributed by atoms with van der Waals surface area (Å²) in [4.78, 5) is 11.6. The number of nitrogens with one attached hydrogen (secondary N) is 1. The molecule has 1 amide bonds. The lowest BCUT2D eigenvalue weighted by Crippen LogP contribution is -2.33. The Kier molecular flexibility index (Phi) is 6.58. The third-order valence-corrected chi connectivity index (χ3v) is 2.76. The van der Waals surface area contributed by atoms with E-state index in [4.69, 9.17) is 16.3 Å². The molecule has 0 aromatic heterocycles. The summed E-state index contributed by atoms with van der Waals surface area (Å²) in [6.07, 6.45) is 1.15. The first-order chi connectivity index (χ1) is 8.61. The monoisotopic (exact) mass is 269 g/mol. The Morgan fingerprint density at radius 1 is 1.50 bits per heavy atom. The molecular formula is C14H20ClNO2. The van der Waals surface area contributed by atoms with E-state index in [2.05, 4.69) is 5.32 Å². The van der Waals surface area contributed by atoms with Crippen LogP contribution < -0.4 is 10.1 Å². The van der Waals surface area contributed by atoms with Crippen molar-refractivity contribution in [3.63, 3.8) is 0 Å². The van der Waals surface area contributed by atoms with Gasteiger partial charge < -0.3 is 10.1 Å². The number of hydrogen-bond donors (Lipinski definition) is 1. The highest BCUT2D eigenvalue weighted by molar-refractivity contribution is 6.17. The highest BCUT2D eigenvalue weighted by atomic mass is 35.5. The maximum Gasteiger partial charge on any atom is 0.223 e. The van der Waals surface area contributed by atoms with Crippen LogP contribution in [-0.2, 0) is 4.79 Å². The van der Waals surface area contributed by atoms with Crippen molar-refractivity contribution >= 4 is 17.5 Å². The largest absolute Gasteiger partial charge is 0.493 e. The van der Waals surface area contributed by atoms with E-state index >= 15 is 0 Å². The van der Waals surface area contributed by atoms with Crippen molar-refractivity contribution in [3.05, 3.63) is 29.8 Å². The predicted octanol–water partition coefficient (Wildman–Crippen LogP) is 2.90. The number of alkyl halides is 1. The van der Waals surface area contributed by atoms with Crippen LogP contribution in [0.15, 0.2) is 24.3 Å². The highest BCUT2D eigenvalue weighted by Gasteiger charge is 2.06. The van der Waals surface area contributed by atoms with Crippen LogP contribution in [0.4, 0.5) is 0 Å². The van der Waals surface area contributed by atoms with Crippen molar-refractivity contribution in [1.29, 1.82) is 0 Å². The number of aryl methyl sites for hydroxylation is 1. The third kappa shape index (κ3) is 5.92. The molecule has 1 unspecified atom stereocenters. The van der Waals surface area contributed by atoms with E-state index in [9.17, 15) is 4.79 Å². The van der Waals surface area contributed by atoms with Gasteiger partial charge in [0.2, 0.25) is 5.91 Å². The summed E-state index contributed by atoms with van der Waals surface area (Å²) < 4.78 is 5.51. The zero-order chi connectivity index (χ0) is 13.4. The minimum absolute atomic E-state index is 0.000250. The van der Waals surface area contributed by atoms with Crippen molar-refractivity contribution in [2.45, 2.75) is 32.7 Å². The van der Waals surface area contributed by atoms with E-state index in [1.807, 2.05) is 38.1 Å². The Bertz CT molecular complexity index is 382. The standard InChI is InChI=1S/C14H20ClNO2/c1-11-4-3-5-13(10-11)18-9-7-14(17)16-12(2)6-8-15/h3-5,10,12H,6-9H2,1-2H3,(H,16,17). The second-order valence-electron chi connectivity index (χ2n) is 4.36. The number of carbonyl (C=O) groups excluding carboxylic acids is 1. The minimum Gasteiger partial charge on any atom is -0.493 e. The molecule has 0 bridgehead atoms. The lowest BCUT2D eigenvalue weighted by atomic mass is 10.2. The van der Waals surface area contributed by atoms with Crippen LogP contribution in [0.5, 0.6) is 5.75 Å². The van der Waals surface area contributed by atoms with Crippen LogP contribution in [0, 0.1) is 6.92 Å². The average Bonchev–Trinajstić information content (AvgIpc) is 2.29. The summed E-state index contributed by atoms with van der Waals surface area (Å²) in [7, 11) is 0. The molecule has 1 aromatic rings. The molecule has 0 fully saturated rings. The van der Waals surface area contributed by atoms with Gasteiger partial charge in [0, 0.05) is 11.9 Å². The molecule has 0 saturated carbocycles. The number of halogens is 1. The molecule has 1 rings (SSSR count). The molecule has 1 N–H and O–H groups in total. The van der Waals surface area contributed by atoms with Crippen LogP contribution in [-0.4, -0.2) is 24.4 Å². The van der Waals surface area contributed by atoms with Crippen LogP contribution in [0.1, 0.15) is 25.3 Å². The second-order valence-corrected chi connectivity index (χ2v) is 4.74. The molecule has 4 heteroatoms. The van der Waals surface area contributed by atoms with Crippen LogP contribution in [0.3, 0.4) is 0 Å². The van der Waals surface area contributed by atoms with Gasteiger partial charge in [0.1, 0.15) is 5.75 Å². The summed E-state index contributed by atoms with van der Waals surface area (Å²) in [5, 5.41) is 2.88. The van der Waals surface area contributed by atoms with E-state index in [-0.39, 0.29) is 11.9 Å². The molecule has 1 atom stereocenters. The summed E-state index contributed by atoms with van der Waals surface area (Å²) in [6.45, 7) is 4.35. The Labute approximate surface area is 113 Å². The Balaban J connectivity index is 2.23. The number of rotatable bonds is 7. The molecular weight excluding hydrogens is 250 g/mol. The molecule has 3 nitrogen and oxygen atoms in total. The molecule has 0 heterocycles. The smallest absolute Gasteiger partial charge is 0.223 e. The number of carbonyl (C=O) groups is 1. The lowest BCUT2D eigenvalue weighted by Gasteiger charge is -2.12. The Hall–Kier alpha value is -1.22. The molecule has 100 valence electrons. The maximum absolute atomic E-state index is 11.6. The molecule has 1 aromatic carbocycles. The lowest BCUT2D eigenvalue weighted by molar-refractivity contribution is -0.122. The van der Waals surface area contributed by atoms with Gasteiger partial charge >= 0.3 is 0 Å². The maximum atomic E-state index is 11.6. The van der Waals surface area contributed by atoms with Gasteiger partial charge in [-0.3, -0.25) is 4.79 Å². The van der Waals surface area contributed by atoms with Crippen molar-refractivity contribution in [1.82, 2.24) is 5.32 Å². The zero-order valence-corrected chi connectivity index (χ0v) is 11.7. The molecule has 0 saturated heterocycles. The van der Waals surface area contributed by atoms with E-state index in [0.29, 0.717) is 18.9 Å². The highest BCUT2D eigenvalue weighted by Crippen LogP contribution is 2.12. The van der Waals surface area contributed by atoms with Gasteiger partial charge in [-0.25, -0.2) is 0 Å². The van der Waals surface area contributed by atoms with Gasteiger partial charge in [0.15, 0.2) is 0 Å². The topological polar surface area (TPSA) is 38.3 Å². The van der Waals surface area contributed by atoms with Crippen molar-refractivity contribution in [2.75, 3.05) is 12.5 Å². The van der Waals surface area contributed by atoms with Gasteiger partial charge in [-0.15, -0.1) is 11.6 Å². The summed E-state index contributed by atoms with van der Waals surface area (Å²) in [6, 6.07) is 7.91. The van der Waals surface area contributed by atoms with Gasteiger partial charge in [-0.1, -0.05) is 12.1 Å². The van der Waals surface area contributed by atoms with Crippen LogP contribution >= 0.6 is 11.6 Å². The molecule has 18 heavy (non-hydrogen) atoms.